The number of carbonyl (C=O) groups is 4. The number of benzene rings is 1. The molecule has 3 aliphatic rings. The van der Waals surface area contributed by atoms with Crippen molar-refractivity contribution in [3.63, 3.8) is 0 Å². The van der Waals surface area contributed by atoms with E-state index in [0.29, 0.717) is 24.3 Å². The molecule has 2 unspecified atom stereocenters. The van der Waals surface area contributed by atoms with Gasteiger partial charge in [-0.3, -0.25) is 14.9 Å². The van der Waals surface area contributed by atoms with Crippen LogP contribution in [0.3, 0.4) is 0 Å². The fraction of sp³-hybridized carbons (Fsp3) is 0.632. The number of rotatable bonds is 8. The Morgan fingerprint density at radius 3 is 2.57 bits per heavy atom. The number of carbonyl (C=O) groups excluding carboxylic acids is 4. The van der Waals surface area contributed by atoms with Gasteiger partial charge in [0.05, 0.1) is 25.3 Å². The first kappa shape index (κ1) is 42.4. The topological polar surface area (TPSA) is 156 Å². The summed E-state index contributed by atoms with van der Waals surface area (Å²) in [6.07, 6.45) is 1.61. The Morgan fingerprint density at radius 1 is 1.26 bits per heavy atom. The fourth-order valence-corrected chi connectivity index (χ4v) is 7.23. The van der Waals surface area contributed by atoms with E-state index in [2.05, 4.69) is 17.9 Å². The first-order chi connectivity index (χ1) is 24.6. The lowest BCUT2D eigenvalue weighted by atomic mass is 9.83. The molecule has 13 nitrogen and oxygen atoms in total. The predicted molar refractivity (Wildman–Crippen MR) is 203 cm³/mol. The number of ether oxygens (including phenoxy) is 5. The molecule has 1 aromatic rings. The van der Waals surface area contributed by atoms with Crippen molar-refractivity contribution in [2.24, 2.45) is 5.92 Å². The van der Waals surface area contributed by atoms with Gasteiger partial charge in [-0.25, -0.2) is 9.59 Å². The summed E-state index contributed by atoms with van der Waals surface area (Å²) in [4.78, 5) is 56.5. The van der Waals surface area contributed by atoms with Crippen molar-refractivity contribution in [1.29, 1.82) is 0 Å². The molecule has 3 aliphatic heterocycles. The summed E-state index contributed by atoms with van der Waals surface area (Å²) in [5, 5.41) is 14.5. The molecule has 0 saturated carbocycles. The van der Waals surface area contributed by atoms with Crippen molar-refractivity contribution in [3.05, 3.63) is 46.5 Å². The van der Waals surface area contributed by atoms with Crippen LogP contribution in [0.2, 0.25) is 5.02 Å². The lowest BCUT2D eigenvalue weighted by molar-refractivity contribution is -0.162. The number of nitrogens with zero attached hydrogens (tertiary/aromatic N) is 2. The average Bonchev–Trinajstić information content (AvgIpc) is 3.78. The number of hydrogen-bond donors (Lipinski definition) is 3. The van der Waals surface area contributed by atoms with E-state index in [1.807, 2.05) is 26.8 Å². The minimum Gasteiger partial charge on any atom is -0.495 e. The van der Waals surface area contributed by atoms with Crippen molar-refractivity contribution < 1.29 is 48.0 Å². The Labute approximate surface area is 322 Å². The minimum atomic E-state index is -1.83. The average molecular weight is 780 g/mol. The molecule has 0 spiro atoms. The highest BCUT2D eigenvalue weighted by atomic mass is 35.5. The van der Waals surface area contributed by atoms with Gasteiger partial charge in [-0.05, 0) is 51.3 Å². The Bertz CT molecular complexity index is 1630. The van der Waals surface area contributed by atoms with Crippen molar-refractivity contribution >= 4 is 53.8 Å². The smallest absolute Gasteiger partial charge is 0.409 e. The summed E-state index contributed by atoms with van der Waals surface area (Å²) in [6.45, 7) is 10.8. The standard InChI is InChI=1S/C38H54ClN3O10S/c1-21-12-11-13-28(49-10)38(47)20-27(50-35(46)40-38)22(2)33-37(6,52-33)29(51-34(45)23(3)41(7)30(43)14-15-36(4,5)53)19-31(44)42(8)25-17-24(16-21)18-26(48-9)32(25)39/h11-13,17-18,22-23,27-29,33,47,53H,14-16,19-20H2,1-10H3,(H,40,46)/b13-11+,21-12+/t22-,23-,27?,28-,29+,33+,37+,38?/m1/s1. The second kappa shape index (κ2) is 16.6. The summed E-state index contributed by atoms with van der Waals surface area (Å²) in [6, 6.07) is 2.60. The van der Waals surface area contributed by atoms with E-state index in [1.54, 1.807) is 52.1 Å². The maximum atomic E-state index is 14.1. The first-order valence-electron chi connectivity index (χ1n) is 17.7. The largest absolute Gasteiger partial charge is 0.495 e. The number of allylic oxidation sites excluding steroid dienone is 3. The molecule has 15 heteroatoms. The molecule has 2 saturated heterocycles. The van der Waals surface area contributed by atoms with Crippen molar-refractivity contribution in [3.8, 4) is 5.75 Å². The van der Waals surface area contributed by atoms with Crippen LogP contribution in [-0.4, -0.2) is 109 Å². The number of likely N-dealkylation sites (N-methyl/N-ethyl adjacent to an activating group) is 1. The molecule has 2 N–H and O–H groups in total. The highest BCUT2D eigenvalue weighted by Gasteiger charge is 2.64. The third-order valence-electron chi connectivity index (χ3n) is 10.5. The SMILES string of the molecule is COc1cc2cc(c1Cl)N(C)C(=O)C[C@H](OC(=O)[C@@H](C)N(C)C(=O)CCC(C)(C)S)[C@]1(C)O[C@H]1[C@H](C)C1CC(O)(NC(=O)O1)[C@H](OC)/C=C/C=C(\C)C2. The second-order valence-corrected chi connectivity index (χ2v) is 16.8. The minimum absolute atomic E-state index is 0.0509. The van der Waals surface area contributed by atoms with Gasteiger partial charge in [0.1, 0.15) is 40.7 Å². The van der Waals surface area contributed by atoms with Crippen LogP contribution in [-0.2, 0) is 39.8 Å². The summed E-state index contributed by atoms with van der Waals surface area (Å²) < 4.78 is 28.8. The van der Waals surface area contributed by atoms with Gasteiger partial charge in [-0.1, -0.05) is 56.2 Å². The van der Waals surface area contributed by atoms with Gasteiger partial charge in [0.2, 0.25) is 11.8 Å². The van der Waals surface area contributed by atoms with Gasteiger partial charge >= 0.3 is 12.1 Å². The third-order valence-corrected chi connectivity index (χ3v) is 11.1. The molecule has 53 heavy (non-hydrogen) atoms. The maximum absolute atomic E-state index is 14.1. The summed E-state index contributed by atoms with van der Waals surface area (Å²) in [5.74, 6) is -1.58. The number of esters is 1. The van der Waals surface area contributed by atoms with Gasteiger partial charge < -0.3 is 38.6 Å². The Balaban J connectivity index is 1.74. The number of nitrogens with one attached hydrogen (secondary N) is 1. The molecular weight excluding hydrogens is 726 g/mol. The van der Waals surface area contributed by atoms with Gasteiger partial charge in [-0.15, -0.1) is 0 Å². The van der Waals surface area contributed by atoms with E-state index in [9.17, 15) is 24.3 Å². The lowest BCUT2D eigenvalue weighted by Gasteiger charge is -2.42. The van der Waals surface area contributed by atoms with Crippen molar-refractivity contribution in [2.45, 2.75) is 120 Å². The van der Waals surface area contributed by atoms with Gasteiger partial charge in [-0.2, -0.15) is 12.6 Å². The molecule has 8 atom stereocenters. The number of hydrogen-bond acceptors (Lipinski definition) is 11. The molecule has 1 aromatic carbocycles. The van der Waals surface area contributed by atoms with E-state index in [-0.39, 0.29) is 34.9 Å². The van der Waals surface area contributed by atoms with Crippen molar-refractivity contribution in [2.75, 3.05) is 33.2 Å². The Kier molecular flexibility index (Phi) is 13.3. The molecule has 0 aromatic heterocycles. The van der Waals surface area contributed by atoms with E-state index in [4.69, 9.17) is 35.3 Å². The van der Waals surface area contributed by atoms with Gasteiger partial charge in [0, 0.05) is 44.7 Å². The van der Waals surface area contributed by atoms with Crippen molar-refractivity contribution in [1.82, 2.24) is 10.2 Å². The molecule has 2 fully saturated rings. The van der Waals surface area contributed by atoms with Crippen LogP contribution in [0.25, 0.3) is 0 Å². The Hall–Kier alpha value is -3.30. The van der Waals surface area contributed by atoms with Crippen LogP contribution in [0.15, 0.2) is 35.9 Å². The number of epoxide rings is 1. The Morgan fingerprint density at radius 2 is 1.94 bits per heavy atom. The summed E-state index contributed by atoms with van der Waals surface area (Å²) in [5.41, 5.74) is -0.916. The maximum Gasteiger partial charge on any atom is 0.409 e. The predicted octanol–water partition coefficient (Wildman–Crippen LogP) is 5.00. The molecule has 4 rings (SSSR count). The van der Waals surface area contributed by atoms with Crippen LogP contribution >= 0.6 is 24.2 Å². The molecule has 3 amide bonds. The van der Waals surface area contributed by atoms with E-state index in [1.165, 1.54) is 31.1 Å². The molecular formula is C38H54ClN3O10S. The zero-order chi connectivity index (χ0) is 39.6. The second-order valence-electron chi connectivity index (χ2n) is 15.2. The van der Waals surface area contributed by atoms with E-state index < -0.39 is 65.7 Å². The van der Waals surface area contributed by atoms with Crippen LogP contribution in [0.5, 0.6) is 5.75 Å². The number of alkyl carbamates (subject to hydrolysis) is 1. The van der Waals surface area contributed by atoms with Crippen LogP contribution in [0.4, 0.5) is 10.5 Å². The highest BCUT2D eigenvalue weighted by Crippen LogP contribution is 2.49. The highest BCUT2D eigenvalue weighted by molar-refractivity contribution is 7.81. The van der Waals surface area contributed by atoms with Gasteiger partial charge in [0.25, 0.3) is 0 Å². The first-order valence-corrected chi connectivity index (χ1v) is 18.5. The van der Waals surface area contributed by atoms with Crippen LogP contribution in [0.1, 0.15) is 72.8 Å². The molecule has 4 bridgehead atoms. The molecule has 294 valence electrons. The number of methoxy groups -OCH3 is 2. The normalized spacial score (nSPS) is 31.5. The monoisotopic (exact) mass is 779 g/mol. The van der Waals surface area contributed by atoms with Crippen LogP contribution in [0, 0.1) is 5.92 Å². The van der Waals surface area contributed by atoms with Gasteiger partial charge in [0.15, 0.2) is 5.72 Å². The number of anilines is 1. The molecule has 0 aliphatic carbocycles. The number of fused-ring (bicyclic) bond motifs is 5. The molecule has 3 heterocycles. The van der Waals surface area contributed by atoms with E-state index in [0.717, 1.165) is 11.1 Å². The summed E-state index contributed by atoms with van der Waals surface area (Å²) in [7, 11) is 6.02. The zero-order valence-corrected chi connectivity index (χ0v) is 33.9. The number of halogens is 1. The summed E-state index contributed by atoms with van der Waals surface area (Å²) >= 11 is 11.3. The number of aliphatic hydroxyl groups is 1. The van der Waals surface area contributed by atoms with Crippen LogP contribution < -0.4 is 15.0 Å². The fourth-order valence-electron chi connectivity index (χ4n) is 6.81. The lowest BCUT2D eigenvalue weighted by Crippen LogP contribution is -2.63. The van der Waals surface area contributed by atoms with E-state index >= 15 is 0 Å². The number of amides is 3. The molecule has 0 radical (unpaired) electrons. The third kappa shape index (κ3) is 9.88. The quantitative estimate of drug-likeness (QED) is 0.187. The zero-order valence-electron chi connectivity index (χ0n) is 32.2. The number of thiol groups is 1.